The highest BCUT2D eigenvalue weighted by Crippen LogP contribution is 2.40. The van der Waals surface area contributed by atoms with Crippen LogP contribution in [-0.2, 0) is 0 Å². The second-order valence-electron chi connectivity index (χ2n) is 15.6. The van der Waals surface area contributed by atoms with E-state index < -0.39 is 0 Å². The summed E-state index contributed by atoms with van der Waals surface area (Å²) in [5.41, 5.74) is 17.2. The average Bonchev–Trinajstić information content (AvgIpc) is 3.37. The molecule has 11 rings (SSSR count). The summed E-state index contributed by atoms with van der Waals surface area (Å²) in [7, 11) is 0. The molecule has 0 N–H and O–H groups in total. The summed E-state index contributed by atoms with van der Waals surface area (Å²) in [5, 5.41) is 3.52. The molecule has 0 aliphatic carbocycles. The van der Waals surface area contributed by atoms with E-state index in [-0.39, 0.29) is 0 Å². The van der Waals surface area contributed by atoms with Crippen molar-refractivity contribution >= 4 is 21.7 Å². The van der Waals surface area contributed by atoms with Crippen molar-refractivity contribution in [3.63, 3.8) is 0 Å². The summed E-state index contributed by atoms with van der Waals surface area (Å²) < 4.78 is 0. The molecule has 0 saturated heterocycles. The Bertz CT molecular complexity index is 3230. The molecule has 9 aromatic carbocycles. The van der Waals surface area contributed by atoms with Crippen LogP contribution in [0.5, 0.6) is 0 Å². The summed E-state index contributed by atoms with van der Waals surface area (Å²) >= 11 is 0. The molecule has 3 nitrogen and oxygen atoms in total. The fourth-order valence-electron chi connectivity index (χ4n) is 8.55. The average molecular weight is 790 g/mol. The normalized spacial score (nSPS) is 11.2. The standard InChI is InChI=1S/C59H39N3/c1-5-14-40(15-6-1)42-24-30-47(31-25-42)56-39-57(62-59(61-56)49-34-26-43(27-35-49)41-16-7-2-8-17-41)48-32-28-45(29-33-48)50-22-13-23-52-51(50)36-37-54-58(52)53(44-18-9-3-10-19-44)38-55(60-54)46-20-11-4-12-21-46/h1-39H. The van der Waals surface area contributed by atoms with Crippen LogP contribution in [0.15, 0.2) is 237 Å². The van der Waals surface area contributed by atoms with Crippen LogP contribution in [0.2, 0.25) is 0 Å². The van der Waals surface area contributed by atoms with Crippen molar-refractivity contribution in [1.29, 1.82) is 0 Å². The molecule has 0 aliphatic rings. The van der Waals surface area contributed by atoms with E-state index in [2.05, 4.69) is 218 Å². The maximum atomic E-state index is 5.21. The minimum Gasteiger partial charge on any atom is -0.248 e. The number of hydrogen-bond donors (Lipinski definition) is 0. The van der Waals surface area contributed by atoms with Gasteiger partial charge in [-0.05, 0) is 73.5 Å². The van der Waals surface area contributed by atoms with Gasteiger partial charge in [-0.3, -0.25) is 0 Å². The summed E-state index contributed by atoms with van der Waals surface area (Å²) in [6.07, 6.45) is 0. The Morgan fingerprint density at radius 3 is 1.18 bits per heavy atom. The minimum atomic E-state index is 0.688. The van der Waals surface area contributed by atoms with E-state index in [0.29, 0.717) is 5.82 Å². The van der Waals surface area contributed by atoms with Gasteiger partial charge < -0.3 is 0 Å². The highest BCUT2D eigenvalue weighted by molar-refractivity contribution is 6.17. The van der Waals surface area contributed by atoms with Crippen molar-refractivity contribution in [2.24, 2.45) is 0 Å². The number of benzene rings is 9. The molecule has 2 aromatic heterocycles. The molecule has 0 fully saturated rings. The molecule has 0 saturated carbocycles. The molecule has 290 valence electrons. The maximum absolute atomic E-state index is 5.21. The zero-order chi connectivity index (χ0) is 41.2. The SMILES string of the molecule is c1ccc(-c2ccc(-c3cc(-c4ccc(-c5cccc6c5ccc5nc(-c7ccccc7)cc(-c7ccccc7)c56)cc4)nc(-c4ccc(-c5ccccc5)cc4)n3)cc2)cc1. The summed E-state index contributed by atoms with van der Waals surface area (Å²) in [4.78, 5) is 15.6. The van der Waals surface area contributed by atoms with Crippen molar-refractivity contribution in [1.82, 2.24) is 15.0 Å². The second kappa shape index (κ2) is 16.1. The minimum absolute atomic E-state index is 0.688. The van der Waals surface area contributed by atoms with Crippen molar-refractivity contribution in [2.45, 2.75) is 0 Å². The lowest BCUT2D eigenvalue weighted by Crippen LogP contribution is -1.96. The maximum Gasteiger partial charge on any atom is 0.160 e. The van der Waals surface area contributed by atoms with Crippen molar-refractivity contribution in [2.75, 3.05) is 0 Å². The van der Waals surface area contributed by atoms with E-state index in [1.54, 1.807) is 0 Å². The molecular weight excluding hydrogens is 751 g/mol. The van der Waals surface area contributed by atoms with Gasteiger partial charge in [0.1, 0.15) is 0 Å². The van der Waals surface area contributed by atoms with Gasteiger partial charge in [0.2, 0.25) is 0 Å². The predicted octanol–water partition coefficient (Wildman–Crippen LogP) is 15.5. The Balaban J connectivity index is 0.994. The predicted molar refractivity (Wildman–Crippen MR) is 258 cm³/mol. The van der Waals surface area contributed by atoms with E-state index in [0.717, 1.165) is 61.4 Å². The fourth-order valence-corrected chi connectivity index (χ4v) is 8.55. The van der Waals surface area contributed by atoms with Crippen molar-refractivity contribution < 1.29 is 0 Å². The van der Waals surface area contributed by atoms with Gasteiger partial charge in [0.05, 0.1) is 22.6 Å². The van der Waals surface area contributed by atoms with Gasteiger partial charge in [0.25, 0.3) is 0 Å². The fraction of sp³-hybridized carbons (Fsp3) is 0. The van der Waals surface area contributed by atoms with Gasteiger partial charge in [-0.1, -0.05) is 218 Å². The summed E-state index contributed by atoms with van der Waals surface area (Å²) in [6, 6.07) is 83.4. The number of hydrogen-bond acceptors (Lipinski definition) is 3. The molecule has 62 heavy (non-hydrogen) atoms. The van der Waals surface area contributed by atoms with E-state index in [9.17, 15) is 0 Å². The van der Waals surface area contributed by atoms with Crippen LogP contribution in [0, 0.1) is 0 Å². The molecular formula is C59H39N3. The molecule has 0 bridgehead atoms. The molecule has 0 radical (unpaired) electrons. The molecule has 2 heterocycles. The number of pyridine rings is 1. The topological polar surface area (TPSA) is 38.7 Å². The number of aromatic nitrogens is 3. The zero-order valence-corrected chi connectivity index (χ0v) is 33.9. The zero-order valence-electron chi connectivity index (χ0n) is 33.9. The third-order valence-electron chi connectivity index (χ3n) is 11.7. The number of rotatable bonds is 8. The lowest BCUT2D eigenvalue weighted by atomic mass is 9.91. The highest BCUT2D eigenvalue weighted by atomic mass is 14.9. The van der Waals surface area contributed by atoms with Crippen LogP contribution in [0.1, 0.15) is 0 Å². The molecule has 0 unspecified atom stereocenters. The van der Waals surface area contributed by atoms with E-state index in [1.807, 2.05) is 18.2 Å². The second-order valence-corrected chi connectivity index (χ2v) is 15.6. The molecule has 0 aliphatic heterocycles. The van der Waals surface area contributed by atoms with Gasteiger partial charge in [-0.15, -0.1) is 0 Å². The third kappa shape index (κ3) is 7.12. The Kier molecular flexibility index (Phi) is 9.53. The summed E-state index contributed by atoms with van der Waals surface area (Å²) in [5.74, 6) is 0.688. The Labute approximate surface area is 361 Å². The van der Waals surface area contributed by atoms with Gasteiger partial charge in [0.15, 0.2) is 5.82 Å². The van der Waals surface area contributed by atoms with Crippen LogP contribution in [0.4, 0.5) is 0 Å². The molecule has 0 amide bonds. The van der Waals surface area contributed by atoms with E-state index in [4.69, 9.17) is 15.0 Å². The summed E-state index contributed by atoms with van der Waals surface area (Å²) in [6.45, 7) is 0. The largest absolute Gasteiger partial charge is 0.248 e. The van der Waals surface area contributed by atoms with Gasteiger partial charge in [-0.2, -0.15) is 0 Å². The van der Waals surface area contributed by atoms with Crippen LogP contribution in [0.25, 0.3) is 111 Å². The lowest BCUT2D eigenvalue weighted by molar-refractivity contribution is 1.18. The molecule has 11 aromatic rings. The number of nitrogens with zero attached hydrogens (tertiary/aromatic N) is 3. The van der Waals surface area contributed by atoms with Gasteiger partial charge >= 0.3 is 0 Å². The first kappa shape index (κ1) is 36.8. The van der Waals surface area contributed by atoms with E-state index >= 15 is 0 Å². The lowest BCUT2D eigenvalue weighted by Gasteiger charge is -2.15. The molecule has 0 atom stereocenters. The van der Waals surface area contributed by atoms with Crippen LogP contribution in [0.3, 0.4) is 0 Å². The van der Waals surface area contributed by atoms with E-state index in [1.165, 1.54) is 44.2 Å². The Morgan fingerprint density at radius 1 is 0.226 bits per heavy atom. The van der Waals surface area contributed by atoms with Gasteiger partial charge in [-0.25, -0.2) is 15.0 Å². The van der Waals surface area contributed by atoms with Crippen LogP contribution < -0.4 is 0 Å². The number of fused-ring (bicyclic) bond motifs is 3. The van der Waals surface area contributed by atoms with Crippen molar-refractivity contribution in [3.8, 4) is 89.7 Å². The first-order chi connectivity index (χ1) is 30.7. The van der Waals surface area contributed by atoms with Crippen molar-refractivity contribution in [3.05, 3.63) is 237 Å². The van der Waals surface area contributed by atoms with Gasteiger partial charge in [0, 0.05) is 27.6 Å². The third-order valence-corrected chi connectivity index (χ3v) is 11.7. The Hall–Kier alpha value is -8.27. The first-order valence-electron chi connectivity index (χ1n) is 21.0. The molecule has 3 heteroatoms. The first-order valence-corrected chi connectivity index (χ1v) is 21.0. The highest BCUT2D eigenvalue weighted by Gasteiger charge is 2.16. The Morgan fingerprint density at radius 2 is 0.629 bits per heavy atom. The molecule has 0 spiro atoms. The quantitative estimate of drug-likeness (QED) is 0.144. The van der Waals surface area contributed by atoms with Crippen LogP contribution in [-0.4, -0.2) is 15.0 Å². The van der Waals surface area contributed by atoms with Crippen LogP contribution >= 0.6 is 0 Å². The monoisotopic (exact) mass is 789 g/mol. The smallest absolute Gasteiger partial charge is 0.160 e.